The Morgan fingerprint density at radius 1 is 0.397 bits per heavy atom. The highest BCUT2D eigenvalue weighted by Crippen LogP contribution is 2.42. The lowest BCUT2D eigenvalue weighted by Crippen LogP contribution is -2.22. The standard InChI is InChI=1S/C58H41N5/c1-58(34-14-3-15-35-58)49-33-32-43(38-54(49)63-52-30-12-8-26-47(52)48-27-9-13-31-53(48)63)57-60-55(41-21-16-20-40(36-41)39-18-4-2-5-19-39)59-56(61-57)42-22-17-23-44(37-42)62-50-28-10-6-24-45(50)46-25-7-11-29-51(46)62/h2-34,36-38H,35H2,1H3. The number of hydrogen-bond acceptors (Lipinski definition) is 3. The smallest absolute Gasteiger partial charge is 0.164 e. The van der Waals surface area contributed by atoms with Gasteiger partial charge in [0, 0.05) is 49.3 Å². The molecule has 1 aliphatic carbocycles. The van der Waals surface area contributed by atoms with Crippen LogP contribution in [0.1, 0.15) is 18.9 Å². The fourth-order valence-electron chi connectivity index (χ4n) is 9.66. The van der Waals surface area contributed by atoms with Crippen molar-refractivity contribution >= 4 is 43.6 Å². The summed E-state index contributed by atoms with van der Waals surface area (Å²) in [6.45, 7) is 2.34. The number of fused-ring (bicyclic) bond motifs is 6. The Morgan fingerprint density at radius 2 is 0.873 bits per heavy atom. The zero-order valence-electron chi connectivity index (χ0n) is 34.7. The van der Waals surface area contributed by atoms with Crippen LogP contribution in [0.25, 0.3) is 100 Å². The van der Waals surface area contributed by atoms with Crippen LogP contribution in [-0.4, -0.2) is 24.1 Å². The van der Waals surface area contributed by atoms with E-state index in [-0.39, 0.29) is 5.41 Å². The molecule has 5 heteroatoms. The lowest BCUT2D eigenvalue weighted by Gasteiger charge is -2.30. The van der Waals surface area contributed by atoms with E-state index in [1.807, 2.05) is 6.07 Å². The third kappa shape index (κ3) is 6.20. The van der Waals surface area contributed by atoms with Crippen LogP contribution >= 0.6 is 0 Å². The SMILES string of the molecule is CC1(c2ccc(-c3nc(-c4cccc(-c5ccccc5)c4)nc(-c4cccc(-n5c6ccccc6c6ccccc65)c4)n3)cc2-n2c3ccccc3c3ccccc32)C=CC=CC1. The topological polar surface area (TPSA) is 48.5 Å². The minimum absolute atomic E-state index is 0.227. The van der Waals surface area contributed by atoms with Crippen LogP contribution in [0, 0.1) is 0 Å². The maximum atomic E-state index is 5.37. The molecule has 1 aliphatic rings. The molecular weight excluding hydrogens is 767 g/mol. The largest absolute Gasteiger partial charge is 0.309 e. The first kappa shape index (κ1) is 36.7. The van der Waals surface area contributed by atoms with Crippen LogP contribution in [0.2, 0.25) is 0 Å². The van der Waals surface area contributed by atoms with Gasteiger partial charge in [0.15, 0.2) is 17.5 Å². The average molecular weight is 808 g/mol. The first-order chi connectivity index (χ1) is 31.1. The van der Waals surface area contributed by atoms with Gasteiger partial charge in [-0.2, -0.15) is 0 Å². The molecule has 0 spiro atoms. The van der Waals surface area contributed by atoms with Crippen LogP contribution in [0.3, 0.4) is 0 Å². The maximum Gasteiger partial charge on any atom is 0.164 e. The molecule has 11 aromatic rings. The molecule has 0 saturated carbocycles. The lowest BCUT2D eigenvalue weighted by molar-refractivity contribution is 0.597. The predicted molar refractivity (Wildman–Crippen MR) is 260 cm³/mol. The Morgan fingerprint density at radius 3 is 1.44 bits per heavy atom. The first-order valence-corrected chi connectivity index (χ1v) is 21.6. The van der Waals surface area contributed by atoms with Crippen molar-refractivity contribution in [1.29, 1.82) is 0 Å². The van der Waals surface area contributed by atoms with Crippen molar-refractivity contribution in [2.45, 2.75) is 18.8 Å². The van der Waals surface area contributed by atoms with E-state index in [2.05, 4.69) is 228 Å². The predicted octanol–water partition coefficient (Wildman–Crippen LogP) is 14.5. The van der Waals surface area contributed by atoms with Crippen LogP contribution < -0.4 is 0 Å². The second-order valence-corrected chi connectivity index (χ2v) is 16.7. The van der Waals surface area contributed by atoms with Gasteiger partial charge in [-0.05, 0) is 71.6 Å². The number of para-hydroxylation sites is 4. The number of benzene rings is 8. The van der Waals surface area contributed by atoms with Crippen LogP contribution in [0.5, 0.6) is 0 Å². The van der Waals surface area contributed by atoms with E-state index in [1.54, 1.807) is 0 Å². The highest BCUT2D eigenvalue weighted by atomic mass is 15.0. The molecule has 8 aromatic carbocycles. The van der Waals surface area contributed by atoms with Crippen LogP contribution in [-0.2, 0) is 5.41 Å². The van der Waals surface area contributed by atoms with Crippen molar-refractivity contribution in [2.75, 3.05) is 0 Å². The normalized spacial score (nSPS) is 14.9. The van der Waals surface area contributed by atoms with Gasteiger partial charge in [0.25, 0.3) is 0 Å². The van der Waals surface area contributed by atoms with Gasteiger partial charge in [0.05, 0.1) is 27.8 Å². The Kier molecular flexibility index (Phi) is 8.61. The van der Waals surface area contributed by atoms with Crippen LogP contribution in [0.4, 0.5) is 0 Å². The summed E-state index contributed by atoms with van der Waals surface area (Å²) in [5.41, 5.74) is 12.8. The van der Waals surface area contributed by atoms with Gasteiger partial charge in [0.1, 0.15) is 0 Å². The van der Waals surface area contributed by atoms with Gasteiger partial charge in [-0.1, -0.05) is 177 Å². The van der Waals surface area contributed by atoms with Crippen molar-refractivity contribution in [3.8, 4) is 56.7 Å². The fraction of sp³-hybridized carbons (Fsp3) is 0.0517. The molecule has 1 atom stereocenters. The molecule has 5 nitrogen and oxygen atoms in total. The number of allylic oxidation sites excluding steroid dienone is 4. The summed E-state index contributed by atoms with van der Waals surface area (Å²) in [6, 6.07) is 69.0. The molecule has 0 amide bonds. The summed E-state index contributed by atoms with van der Waals surface area (Å²) < 4.78 is 4.77. The molecule has 0 fully saturated rings. The Hall–Kier alpha value is -8.15. The molecular formula is C58H41N5. The molecule has 0 saturated heterocycles. The van der Waals surface area contributed by atoms with Gasteiger partial charge < -0.3 is 9.13 Å². The molecule has 1 unspecified atom stereocenters. The zero-order chi connectivity index (χ0) is 41.9. The Balaban J connectivity index is 1.09. The number of rotatable bonds is 7. The molecule has 63 heavy (non-hydrogen) atoms. The van der Waals surface area contributed by atoms with E-state index in [1.165, 1.54) is 27.1 Å². The van der Waals surface area contributed by atoms with E-state index in [9.17, 15) is 0 Å². The minimum Gasteiger partial charge on any atom is -0.309 e. The monoisotopic (exact) mass is 807 g/mol. The van der Waals surface area contributed by atoms with Crippen LogP contribution in [0.15, 0.2) is 218 Å². The quantitative estimate of drug-likeness (QED) is 0.161. The minimum atomic E-state index is -0.227. The molecule has 298 valence electrons. The Bertz CT molecular complexity index is 3520. The van der Waals surface area contributed by atoms with E-state index >= 15 is 0 Å². The average Bonchev–Trinajstić information content (AvgIpc) is 3.87. The van der Waals surface area contributed by atoms with Crippen molar-refractivity contribution in [3.63, 3.8) is 0 Å². The van der Waals surface area contributed by atoms with Gasteiger partial charge >= 0.3 is 0 Å². The number of nitrogens with zero attached hydrogens (tertiary/aromatic N) is 5. The summed E-state index contributed by atoms with van der Waals surface area (Å²) >= 11 is 0. The first-order valence-electron chi connectivity index (χ1n) is 21.6. The second kappa shape index (κ2) is 14.8. The summed E-state index contributed by atoms with van der Waals surface area (Å²) in [5, 5.41) is 4.88. The van der Waals surface area contributed by atoms with Crippen molar-refractivity contribution in [2.24, 2.45) is 0 Å². The molecule has 3 heterocycles. The third-order valence-corrected chi connectivity index (χ3v) is 12.8. The summed E-state index contributed by atoms with van der Waals surface area (Å²) in [4.78, 5) is 16.0. The zero-order valence-corrected chi connectivity index (χ0v) is 34.7. The summed E-state index contributed by atoms with van der Waals surface area (Å²) in [6.07, 6.45) is 9.82. The molecule has 0 aliphatic heterocycles. The maximum absolute atomic E-state index is 5.37. The van der Waals surface area contributed by atoms with E-state index < -0.39 is 0 Å². The highest BCUT2D eigenvalue weighted by molar-refractivity contribution is 6.10. The third-order valence-electron chi connectivity index (χ3n) is 12.8. The number of aromatic nitrogens is 5. The van der Waals surface area contributed by atoms with Gasteiger partial charge in [-0.15, -0.1) is 0 Å². The summed E-state index contributed by atoms with van der Waals surface area (Å²) in [5.74, 6) is 1.84. The number of hydrogen-bond donors (Lipinski definition) is 0. The molecule has 3 aromatic heterocycles. The molecule has 0 bridgehead atoms. The van der Waals surface area contributed by atoms with E-state index in [0.29, 0.717) is 17.5 Å². The Labute approximate surface area is 365 Å². The van der Waals surface area contributed by atoms with Gasteiger partial charge in [-0.3, -0.25) is 0 Å². The summed E-state index contributed by atoms with van der Waals surface area (Å²) in [7, 11) is 0. The van der Waals surface area contributed by atoms with Gasteiger partial charge in [0.2, 0.25) is 0 Å². The van der Waals surface area contributed by atoms with Crippen molar-refractivity contribution in [3.05, 3.63) is 224 Å². The molecule has 0 radical (unpaired) electrons. The second-order valence-electron chi connectivity index (χ2n) is 16.7. The molecule has 0 N–H and O–H groups in total. The fourth-order valence-corrected chi connectivity index (χ4v) is 9.66. The van der Waals surface area contributed by atoms with Gasteiger partial charge in [-0.25, -0.2) is 15.0 Å². The lowest BCUT2D eigenvalue weighted by atomic mass is 9.76. The van der Waals surface area contributed by atoms with Crippen molar-refractivity contribution < 1.29 is 0 Å². The molecule has 12 rings (SSSR count). The van der Waals surface area contributed by atoms with E-state index in [0.717, 1.165) is 67.7 Å². The highest BCUT2D eigenvalue weighted by Gasteiger charge is 2.29. The van der Waals surface area contributed by atoms with Crippen molar-refractivity contribution in [1.82, 2.24) is 24.1 Å². The van der Waals surface area contributed by atoms with E-state index in [4.69, 9.17) is 15.0 Å².